The van der Waals surface area contributed by atoms with Crippen LogP contribution in [0.3, 0.4) is 0 Å². The number of anilines is 1. The Morgan fingerprint density at radius 2 is 1.74 bits per heavy atom. The Morgan fingerprint density at radius 1 is 0.926 bits per heavy atom. The zero-order valence-corrected chi connectivity index (χ0v) is 31.3. The number of carbonyl (C=O) groups excluding carboxylic acids is 1. The molecule has 9 rings (SSSR count). The molecule has 3 aromatic heterocycles. The Balaban J connectivity index is 0.866. The molecule has 5 heterocycles. The van der Waals surface area contributed by atoms with Gasteiger partial charge in [-0.05, 0) is 96.2 Å². The Labute approximate surface area is 317 Å². The van der Waals surface area contributed by atoms with Crippen molar-refractivity contribution in [3.05, 3.63) is 132 Å². The molecule has 2 saturated heterocycles. The van der Waals surface area contributed by atoms with Gasteiger partial charge in [-0.1, -0.05) is 50.2 Å². The van der Waals surface area contributed by atoms with Crippen molar-refractivity contribution >= 4 is 23.0 Å². The number of benzene rings is 3. The van der Waals surface area contributed by atoms with Crippen molar-refractivity contribution in [1.82, 2.24) is 29.5 Å². The molecule has 1 N–H and O–H groups in total. The number of piperidine rings is 1. The van der Waals surface area contributed by atoms with Gasteiger partial charge in [0, 0.05) is 87.1 Å². The summed E-state index contributed by atoms with van der Waals surface area (Å²) in [4.78, 5) is 27.5. The molecule has 1 aliphatic carbocycles. The van der Waals surface area contributed by atoms with Crippen LogP contribution in [-0.2, 0) is 6.54 Å². The van der Waals surface area contributed by atoms with Gasteiger partial charge in [0.1, 0.15) is 17.1 Å². The summed E-state index contributed by atoms with van der Waals surface area (Å²) < 4.78 is 8.16. The maximum atomic E-state index is 12.0. The van der Waals surface area contributed by atoms with E-state index < -0.39 is 0 Å². The molecule has 276 valence electrons. The van der Waals surface area contributed by atoms with Crippen LogP contribution in [0, 0.1) is 5.41 Å². The van der Waals surface area contributed by atoms with Gasteiger partial charge in [0.25, 0.3) is 0 Å². The number of pyridine rings is 1. The van der Waals surface area contributed by atoms with Crippen LogP contribution in [-0.4, -0.2) is 74.6 Å². The molecule has 1 atom stereocenters. The van der Waals surface area contributed by atoms with Gasteiger partial charge in [0.2, 0.25) is 0 Å². The summed E-state index contributed by atoms with van der Waals surface area (Å²) in [5.74, 6) is 1.67. The standard InChI is InChI=1S/C45H49N7O2/c1-32(2)40-6-3-4-7-41(40)42-30-49(29-33-8-11-36(12-9-33)52-19-5-17-48-52)22-23-51(42)38-26-45(27-38)15-20-50(21-16-45)37-13-10-35(31-53)43(25-37)54-39-24-34-14-18-46-44(34)47-28-39/h3-14,17-19,24-25,28,31-32,38,42H,15-16,20-23,26-27,29-30H2,1-2H3,(H,46,47). The van der Waals surface area contributed by atoms with Crippen molar-refractivity contribution in [3.8, 4) is 17.2 Å². The average molecular weight is 720 g/mol. The SMILES string of the molecule is CC(C)c1ccccc1C1CN(Cc2ccc(-n3cccn3)cc2)CCN1C1CC2(CCN(c3ccc(C=O)c(Oc4cnc5[nH]ccc5c4)c3)CC2)C1. The Morgan fingerprint density at radius 3 is 2.52 bits per heavy atom. The van der Waals surface area contributed by atoms with E-state index >= 15 is 0 Å². The number of ether oxygens (including phenoxy) is 1. The molecular formula is C45H49N7O2. The first-order chi connectivity index (χ1) is 26.4. The summed E-state index contributed by atoms with van der Waals surface area (Å²) in [6, 6.07) is 30.9. The lowest BCUT2D eigenvalue weighted by Gasteiger charge is -2.58. The topological polar surface area (TPSA) is 82.5 Å². The van der Waals surface area contributed by atoms with Crippen LogP contribution in [0.2, 0.25) is 0 Å². The third-order valence-corrected chi connectivity index (χ3v) is 12.3. The van der Waals surface area contributed by atoms with Crippen molar-refractivity contribution in [2.45, 2.75) is 64.1 Å². The van der Waals surface area contributed by atoms with Gasteiger partial charge in [0.05, 0.1) is 17.4 Å². The fraction of sp³-hybridized carbons (Fsp3) is 0.356. The first-order valence-corrected chi connectivity index (χ1v) is 19.5. The molecule has 3 fully saturated rings. The molecule has 3 aliphatic rings. The molecule has 1 saturated carbocycles. The molecule has 9 nitrogen and oxygen atoms in total. The van der Waals surface area contributed by atoms with Crippen LogP contribution in [0.5, 0.6) is 11.5 Å². The quantitative estimate of drug-likeness (QED) is 0.142. The number of nitrogens with zero attached hydrogens (tertiary/aromatic N) is 6. The molecule has 1 unspecified atom stereocenters. The number of hydrogen-bond acceptors (Lipinski definition) is 7. The van der Waals surface area contributed by atoms with E-state index in [0.717, 1.165) is 68.0 Å². The zero-order chi connectivity index (χ0) is 36.6. The summed E-state index contributed by atoms with van der Waals surface area (Å²) >= 11 is 0. The highest BCUT2D eigenvalue weighted by atomic mass is 16.5. The Hall–Kier alpha value is -5.25. The highest BCUT2D eigenvalue weighted by Gasteiger charge is 2.50. The van der Waals surface area contributed by atoms with Gasteiger partial charge < -0.3 is 14.6 Å². The molecule has 0 radical (unpaired) electrons. The fourth-order valence-electron chi connectivity index (χ4n) is 9.31. The summed E-state index contributed by atoms with van der Waals surface area (Å²) in [5.41, 5.74) is 8.28. The number of carbonyl (C=O) groups is 1. The second-order valence-corrected chi connectivity index (χ2v) is 16.0. The average Bonchev–Trinajstić information content (AvgIpc) is 3.91. The molecule has 1 spiro atoms. The molecule has 9 heteroatoms. The molecule has 0 amide bonds. The summed E-state index contributed by atoms with van der Waals surface area (Å²) in [6.07, 6.45) is 13.2. The highest BCUT2D eigenvalue weighted by Crippen LogP contribution is 2.53. The van der Waals surface area contributed by atoms with Crippen LogP contribution < -0.4 is 9.64 Å². The van der Waals surface area contributed by atoms with Gasteiger partial charge in [0.15, 0.2) is 6.29 Å². The zero-order valence-electron chi connectivity index (χ0n) is 31.3. The van der Waals surface area contributed by atoms with E-state index in [1.807, 2.05) is 53.6 Å². The maximum Gasteiger partial charge on any atom is 0.153 e. The number of fused-ring (bicyclic) bond motifs is 1. The van der Waals surface area contributed by atoms with Gasteiger partial charge >= 0.3 is 0 Å². The van der Waals surface area contributed by atoms with Gasteiger partial charge in [-0.25, -0.2) is 9.67 Å². The number of aldehydes is 1. The minimum absolute atomic E-state index is 0.381. The predicted molar refractivity (Wildman–Crippen MR) is 214 cm³/mol. The van der Waals surface area contributed by atoms with E-state index in [1.165, 1.54) is 42.4 Å². The number of rotatable bonds is 10. The number of nitrogens with one attached hydrogen (secondary N) is 1. The number of hydrogen-bond donors (Lipinski definition) is 1. The highest BCUT2D eigenvalue weighted by molar-refractivity contribution is 5.81. The minimum atomic E-state index is 0.381. The monoisotopic (exact) mass is 719 g/mol. The van der Waals surface area contributed by atoms with Crippen molar-refractivity contribution in [3.63, 3.8) is 0 Å². The van der Waals surface area contributed by atoms with Crippen molar-refractivity contribution in [1.29, 1.82) is 0 Å². The molecular weight excluding hydrogens is 671 g/mol. The molecule has 2 aliphatic heterocycles. The first kappa shape index (κ1) is 34.5. The number of piperazine rings is 1. The number of aromatic nitrogens is 4. The summed E-state index contributed by atoms with van der Waals surface area (Å²) in [6.45, 7) is 10.8. The third kappa shape index (κ3) is 6.82. The van der Waals surface area contributed by atoms with Crippen LogP contribution in [0.25, 0.3) is 16.7 Å². The number of aromatic amines is 1. The minimum Gasteiger partial charge on any atom is -0.455 e. The fourth-order valence-corrected chi connectivity index (χ4v) is 9.31. The predicted octanol–water partition coefficient (Wildman–Crippen LogP) is 8.78. The largest absolute Gasteiger partial charge is 0.455 e. The normalized spacial score (nSPS) is 19.4. The molecule has 54 heavy (non-hydrogen) atoms. The van der Waals surface area contributed by atoms with E-state index in [4.69, 9.17) is 4.74 Å². The van der Waals surface area contributed by atoms with E-state index in [1.54, 1.807) is 6.20 Å². The Bertz CT molecular complexity index is 2210. The summed E-state index contributed by atoms with van der Waals surface area (Å²) in [7, 11) is 0. The first-order valence-electron chi connectivity index (χ1n) is 19.5. The van der Waals surface area contributed by atoms with Crippen molar-refractivity contribution in [2.24, 2.45) is 5.41 Å². The van der Waals surface area contributed by atoms with E-state index in [2.05, 4.69) is 98.2 Å². The maximum absolute atomic E-state index is 12.0. The van der Waals surface area contributed by atoms with Crippen molar-refractivity contribution < 1.29 is 9.53 Å². The van der Waals surface area contributed by atoms with Gasteiger partial charge in [-0.3, -0.25) is 14.6 Å². The van der Waals surface area contributed by atoms with E-state index in [-0.39, 0.29) is 0 Å². The third-order valence-electron chi connectivity index (χ3n) is 12.3. The molecule has 6 aromatic rings. The lowest BCUT2D eigenvalue weighted by Crippen LogP contribution is -2.60. The van der Waals surface area contributed by atoms with Crippen LogP contribution in [0.4, 0.5) is 5.69 Å². The second kappa shape index (κ2) is 14.5. The van der Waals surface area contributed by atoms with Crippen LogP contribution >= 0.6 is 0 Å². The van der Waals surface area contributed by atoms with Crippen molar-refractivity contribution in [2.75, 3.05) is 37.6 Å². The van der Waals surface area contributed by atoms with E-state index in [0.29, 0.717) is 40.5 Å². The van der Waals surface area contributed by atoms with Gasteiger partial charge in [-0.2, -0.15) is 5.10 Å². The lowest BCUT2D eigenvalue weighted by atomic mass is 9.59. The molecule has 3 aromatic carbocycles. The number of H-pyrrole nitrogens is 1. The van der Waals surface area contributed by atoms with E-state index in [9.17, 15) is 4.79 Å². The smallest absolute Gasteiger partial charge is 0.153 e. The Kier molecular flexibility index (Phi) is 9.29. The molecule has 0 bridgehead atoms. The van der Waals surface area contributed by atoms with Crippen LogP contribution in [0.1, 0.15) is 78.5 Å². The van der Waals surface area contributed by atoms with Crippen LogP contribution in [0.15, 0.2) is 110 Å². The second-order valence-electron chi connectivity index (χ2n) is 16.0. The van der Waals surface area contributed by atoms with Gasteiger partial charge in [-0.15, -0.1) is 0 Å². The lowest BCUT2D eigenvalue weighted by molar-refractivity contribution is -0.0628. The summed E-state index contributed by atoms with van der Waals surface area (Å²) in [5, 5.41) is 5.37.